The summed E-state index contributed by atoms with van der Waals surface area (Å²) >= 11 is 1.36. The minimum atomic E-state index is -0.154. The van der Waals surface area contributed by atoms with Crippen LogP contribution in [0.25, 0.3) is 16.4 Å². The second kappa shape index (κ2) is 7.96. The van der Waals surface area contributed by atoms with Gasteiger partial charge in [-0.1, -0.05) is 11.3 Å². The zero-order valence-corrected chi connectivity index (χ0v) is 14.9. The highest BCUT2D eigenvalue weighted by atomic mass is 32.1. The van der Waals surface area contributed by atoms with E-state index < -0.39 is 0 Å². The van der Waals surface area contributed by atoms with Gasteiger partial charge in [-0.3, -0.25) is 4.79 Å². The van der Waals surface area contributed by atoms with Gasteiger partial charge in [0, 0.05) is 31.6 Å². The lowest BCUT2D eigenvalue weighted by molar-refractivity contribution is 0.0941. The largest absolute Gasteiger partial charge is 0.497 e. The van der Waals surface area contributed by atoms with Gasteiger partial charge < -0.3 is 19.4 Å². The molecule has 3 aromatic rings. The van der Waals surface area contributed by atoms with Crippen LogP contribution in [-0.2, 0) is 4.74 Å². The van der Waals surface area contributed by atoms with E-state index in [9.17, 15) is 4.79 Å². The van der Waals surface area contributed by atoms with Crippen molar-refractivity contribution in [3.05, 3.63) is 53.7 Å². The number of hydrogen-bond acceptors (Lipinski definition) is 5. The van der Waals surface area contributed by atoms with Crippen LogP contribution in [0.3, 0.4) is 0 Å². The summed E-state index contributed by atoms with van der Waals surface area (Å²) in [5.41, 5.74) is 1.53. The molecule has 25 heavy (non-hydrogen) atoms. The molecular weight excluding hydrogens is 338 g/mol. The molecule has 130 valence electrons. The Hall–Kier alpha value is -2.64. The van der Waals surface area contributed by atoms with Crippen molar-refractivity contribution < 1.29 is 14.3 Å². The van der Waals surface area contributed by atoms with Crippen molar-refractivity contribution in [3.63, 3.8) is 0 Å². The quantitative estimate of drug-likeness (QED) is 0.660. The SMILES string of the molecule is COCCNC(=O)c1sc(-n2cccc2)nc1-c1ccc(OC)cc1. The first kappa shape index (κ1) is 17.2. The molecule has 6 nitrogen and oxygen atoms in total. The zero-order chi connectivity index (χ0) is 17.6. The monoisotopic (exact) mass is 357 g/mol. The number of methoxy groups -OCH3 is 2. The van der Waals surface area contributed by atoms with E-state index >= 15 is 0 Å². The van der Waals surface area contributed by atoms with E-state index in [1.807, 2.05) is 53.4 Å². The number of nitrogens with zero attached hydrogens (tertiary/aromatic N) is 2. The van der Waals surface area contributed by atoms with Gasteiger partial charge in [0.05, 0.1) is 19.4 Å². The number of carbonyl (C=O) groups excluding carboxylic acids is 1. The second-order valence-electron chi connectivity index (χ2n) is 5.24. The average Bonchev–Trinajstić information content (AvgIpc) is 3.31. The first-order chi connectivity index (χ1) is 12.2. The molecule has 0 saturated carbocycles. The van der Waals surface area contributed by atoms with Gasteiger partial charge in [0.25, 0.3) is 5.91 Å². The predicted octanol–water partition coefficient (Wildman–Crippen LogP) is 2.99. The van der Waals surface area contributed by atoms with E-state index in [1.54, 1.807) is 14.2 Å². The first-order valence-electron chi connectivity index (χ1n) is 7.78. The minimum Gasteiger partial charge on any atom is -0.497 e. The van der Waals surface area contributed by atoms with Crippen LogP contribution in [0.1, 0.15) is 9.67 Å². The number of thiazole rings is 1. The van der Waals surface area contributed by atoms with Crippen LogP contribution in [-0.4, -0.2) is 42.8 Å². The van der Waals surface area contributed by atoms with Crippen LogP contribution in [0.4, 0.5) is 0 Å². The Morgan fingerprint density at radius 2 is 1.92 bits per heavy atom. The van der Waals surface area contributed by atoms with Gasteiger partial charge in [-0.2, -0.15) is 0 Å². The van der Waals surface area contributed by atoms with E-state index in [0.717, 1.165) is 16.4 Å². The highest BCUT2D eigenvalue weighted by molar-refractivity contribution is 7.16. The maximum Gasteiger partial charge on any atom is 0.263 e. The third-order valence-corrected chi connectivity index (χ3v) is 4.67. The fourth-order valence-electron chi connectivity index (χ4n) is 2.33. The highest BCUT2D eigenvalue weighted by Gasteiger charge is 2.20. The van der Waals surface area contributed by atoms with E-state index in [2.05, 4.69) is 10.3 Å². The molecule has 1 N–H and O–H groups in total. The van der Waals surface area contributed by atoms with Crippen LogP contribution in [0.2, 0.25) is 0 Å². The molecule has 2 aromatic heterocycles. The number of rotatable bonds is 7. The van der Waals surface area contributed by atoms with E-state index in [1.165, 1.54) is 11.3 Å². The molecule has 0 saturated heterocycles. The molecule has 3 rings (SSSR count). The van der Waals surface area contributed by atoms with Crippen LogP contribution in [0.5, 0.6) is 5.75 Å². The van der Waals surface area contributed by atoms with Crippen molar-refractivity contribution in [2.45, 2.75) is 0 Å². The summed E-state index contributed by atoms with van der Waals surface area (Å²) < 4.78 is 12.1. The lowest BCUT2D eigenvalue weighted by Gasteiger charge is -2.05. The van der Waals surface area contributed by atoms with Gasteiger partial charge in [-0.15, -0.1) is 0 Å². The number of hydrogen-bond donors (Lipinski definition) is 1. The van der Waals surface area contributed by atoms with Gasteiger partial charge in [-0.05, 0) is 36.4 Å². The van der Waals surface area contributed by atoms with E-state index in [0.29, 0.717) is 23.7 Å². The van der Waals surface area contributed by atoms with Gasteiger partial charge in [0.2, 0.25) is 0 Å². The molecule has 0 atom stereocenters. The number of benzene rings is 1. The molecule has 1 amide bonds. The fraction of sp³-hybridized carbons (Fsp3) is 0.222. The van der Waals surface area contributed by atoms with Crippen LogP contribution in [0, 0.1) is 0 Å². The standard InChI is InChI=1S/C18H19N3O3S/c1-23-12-9-19-17(22)16-15(13-5-7-14(24-2)8-6-13)20-18(25-16)21-10-3-4-11-21/h3-8,10-11H,9,12H2,1-2H3,(H,19,22). The van der Waals surface area contributed by atoms with Crippen LogP contribution >= 0.6 is 11.3 Å². The second-order valence-corrected chi connectivity index (χ2v) is 6.22. The molecule has 0 unspecified atom stereocenters. The van der Waals surface area contributed by atoms with Crippen LogP contribution < -0.4 is 10.1 Å². The normalized spacial score (nSPS) is 10.6. The summed E-state index contributed by atoms with van der Waals surface area (Å²) in [6.07, 6.45) is 3.81. The average molecular weight is 357 g/mol. The fourth-order valence-corrected chi connectivity index (χ4v) is 3.30. The Morgan fingerprint density at radius 1 is 1.20 bits per heavy atom. The number of ether oxygens (including phenoxy) is 2. The summed E-state index contributed by atoms with van der Waals surface area (Å²) in [4.78, 5) is 17.8. The van der Waals surface area contributed by atoms with Crippen LogP contribution in [0.15, 0.2) is 48.8 Å². The summed E-state index contributed by atoms with van der Waals surface area (Å²) in [5, 5.41) is 3.61. The summed E-state index contributed by atoms with van der Waals surface area (Å²) in [5.74, 6) is 0.606. The summed E-state index contributed by atoms with van der Waals surface area (Å²) in [6, 6.07) is 11.4. The van der Waals surface area contributed by atoms with Gasteiger partial charge in [-0.25, -0.2) is 4.98 Å². The minimum absolute atomic E-state index is 0.154. The molecule has 1 aromatic carbocycles. The van der Waals surface area contributed by atoms with E-state index in [-0.39, 0.29) is 5.91 Å². The van der Waals surface area contributed by atoms with Crippen molar-refractivity contribution in [1.82, 2.24) is 14.9 Å². The predicted molar refractivity (Wildman–Crippen MR) is 97.6 cm³/mol. The van der Waals surface area contributed by atoms with Crippen molar-refractivity contribution in [1.29, 1.82) is 0 Å². The maximum absolute atomic E-state index is 12.6. The zero-order valence-electron chi connectivity index (χ0n) is 14.1. The summed E-state index contributed by atoms with van der Waals surface area (Å²) in [6.45, 7) is 0.918. The van der Waals surface area contributed by atoms with Gasteiger partial charge >= 0.3 is 0 Å². The molecule has 2 heterocycles. The Balaban J connectivity index is 1.97. The molecule has 0 fully saturated rings. The molecule has 0 radical (unpaired) electrons. The smallest absolute Gasteiger partial charge is 0.263 e. The molecule has 0 aliphatic carbocycles. The molecule has 0 aliphatic heterocycles. The maximum atomic E-state index is 12.6. The third kappa shape index (κ3) is 3.89. The third-order valence-electron chi connectivity index (χ3n) is 3.60. The number of nitrogens with one attached hydrogen (secondary N) is 1. The first-order valence-corrected chi connectivity index (χ1v) is 8.60. The molecule has 7 heteroatoms. The topological polar surface area (TPSA) is 65.4 Å². The number of aromatic nitrogens is 2. The van der Waals surface area contributed by atoms with Crippen molar-refractivity contribution in [2.24, 2.45) is 0 Å². The molecular formula is C18H19N3O3S. The lowest BCUT2D eigenvalue weighted by atomic mass is 10.1. The molecule has 0 aliphatic rings. The highest BCUT2D eigenvalue weighted by Crippen LogP contribution is 2.31. The Bertz CT molecular complexity index is 826. The lowest BCUT2D eigenvalue weighted by Crippen LogP contribution is -2.26. The number of carbonyl (C=O) groups is 1. The van der Waals surface area contributed by atoms with Gasteiger partial charge in [0.15, 0.2) is 5.13 Å². The molecule has 0 spiro atoms. The van der Waals surface area contributed by atoms with Gasteiger partial charge in [0.1, 0.15) is 10.6 Å². The Kier molecular flexibility index (Phi) is 5.47. The van der Waals surface area contributed by atoms with Crippen molar-refractivity contribution >= 4 is 17.2 Å². The summed E-state index contributed by atoms with van der Waals surface area (Å²) in [7, 11) is 3.22. The molecule has 0 bridgehead atoms. The Labute approximate surface area is 150 Å². The number of amides is 1. The van der Waals surface area contributed by atoms with Crippen molar-refractivity contribution in [2.75, 3.05) is 27.4 Å². The Morgan fingerprint density at radius 3 is 2.56 bits per heavy atom. The van der Waals surface area contributed by atoms with E-state index in [4.69, 9.17) is 9.47 Å². The van der Waals surface area contributed by atoms with Crippen molar-refractivity contribution in [3.8, 4) is 22.1 Å².